The Bertz CT molecular complexity index is 1430. The van der Waals surface area contributed by atoms with Crippen LogP contribution >= 0.6 is 0 Å². The molecule has 0 radical (unpaired) electrons. The zero-order valence-corrected chi connectivity index (χ0v) is 21.0. The van der Waals surface area contributed by atoms with E-state index in [1.165, 1.54) is 11.0 Å². The highest BCUT2D eigenvalue weighted by Gasteiger charge is 2.47. The number of anilines is 1. The third-order valence-corrected chi connectivity index (χ3v) is 8.76. The fourth-order valence-electron chi connectivity index (χ4n) is 6.43. The van der Waals surface area contributed by atoms with Crippen molar-refractivity contribution in [2.75, 3.05) is 24.7 Å². The van der Waals surface area contributed by atoms with Crippen LogP contribution in [0.25, 0.3) is 0 Å². The van der Waals surface area contributed by atoms with Crippen LogP contribution in [0.1, 0.15) is 51.3 Å². The molecular weight excluding hydrogens is 495 g/mol. The molecule has 1 amide bonds. The largest absolute Gasteiger partial charge is 0.416 e. The lowest BCUT2D eigenvalue weighted by Gasteiger charge is -2.42. The molecule has 1 aliphatic carbocycles. The number of hydrogen-bond acceptors (Lipinski definition) is 5. The number of carbonyl (C=O) groups is 1. The number of hydrogen-bond donors (Lipinski definition) is 0. The number of fused-ring (bicyclic) bond motifs is 2. The molecule has 7 rings (SSSR count). The van der Waals surface area contributed by atoms with Crippen molar-refractivity contribution in [2.45, 2.75) is 50.0 Å². The summed E-state index contributed by atoms with van der Waals surface area (Å²) in [5, 5.41) is 8.18. The monoisotopic (exact) mass is 523 g/mol. The first-order valence-electron chi connectivity index (χ1n) is 13.0. The molecular formula is C28H28F3N5O2. The minimum Gasteiger partial charge on any atom is -0.379 e. The smallest absolute Gasteiger partial charge is 0.379 e. The summed E-state index contributed by atoms with van der Waals surface area (Å²) < 4.78 is 50.0. The van der Waals surface area contributed by atoms with Crippen molar-refractivity contribution in [3.8, 4) is 0 Å². The van der Waals surface area contributed by atoms with Gasteiger partial charge in [0.2, 0.25) is 0 Å². The molecule has 0 N–H and O–H groups in total. The lowest BCUT2D eigenvalue weighted by molar-refractivity contribution is -0.138. The molecule has 38 heavy (non-hydrogen) atoms. The van der Waals surface area contributed by atoms with Crippen LogP contribution in [0.3, 0.4) is 0 Å². The third kappa shape index (κ3) is 3.84. The zero-order valence-electron chi connectivity index (χ0n) is 21.0. The molecule has 3 aliphatic heterocycles. The van der Waals surface area contributed by atoms with Crippen molar-refractivity contribution in [3.63, 3.8) is 0 Å². The predicted octanol–water partition coefficient (Wildman–Crippen LogP) is 4.10. The van der Waals surface area contributed by atoms with Crippen molar-refractivity contribution in [2.24, 2.45) is 13.0 Å². The second kappa shape index (κ2) is 8.38. The van der Waals surface area contributed by atoms with Crippen LogP contribution in [0.15, 0.2) is 42.7 Å². The van der Waals surface area contributed by atoms with E-state index in [0.717, 1.165) is 30.8 Å². The number of likely N-dealkylation sites (tertiary alicyclic amines) is 1. The van der Waals surface area contributed by atoms with Crippen molar-refractivity contribution >= 4 is 11.6 Å². The molecule has 4 aliphatic rings. The Kier molecular flexibility index (Phi) is 5.26. The number of nitrogens with zero attached hydrogens (tertiary/aromatic N) is 5. The zero-order chi connectivity index (χ0) is 26.2. The summed E-state index contributed by atoms with van der Waals surface area (Å²) in [5.74, 6) is 1.12. The van der Waals surface area contributed by atoms with Crippen LogP contribution in [0.5, 0.6) is 0 Å². The van der Waals surface area contributed by atoms with Crippen LogP contribution in [0.4, 0.5) is 18.9 Å². The summed E-state index contributed by atoms with van der Waals surface area (Å²) >= 11 is 0. The third-order valence-electron chi connectivity index (χ3n) is 8.76. The normalized spacial score (nSPS) is 23.9. The Hall–Kier alpha value is -3.24. The number of carbonyl (C=O) groups excluding carboxylic acids is 1. The van der Waals surface area contributed by atoms with Crippen LogP contribution in [0.2, 0.25) is 0 Å². The second-order valence-corrected chi connectivity index (χ2v) is 11.2. The highest BCUT2D eigenvalue weighted by atomic mass is 19.4. The van der Waals surface area contributed by atoms with E-state index in [4.69, 9.17) is 4.74 Å². The van der Waals surface area contributed by atoms with Crippen molar-refractivity contribution in [1.29, 1.82) is 0 Å². The van der Waals surface area contributed by atoms with Crippen molar-refractivity contribution < 1.29 is 22.7 Å². The maximum Gasteiger partial charge on any atom is 0.416 e. The van der Waals surface area contributed by atoms with Crippen LogP contribution in [0, 0.1) is 5.92 Å². The highest BCUT2D eigenvalue weighted by Crippen LogP contribution is 2.46. The fraction of sp³-hybridized carbons (Fsp3) is 0.464. The lowest BCUT2D eigenvalue weighted by Crippen LogP contribution is -2.49. The number of benzene rings is 2. The van der Waals surface area contributed by atoms with Gasteiger partial charge in [-0.3, -0.25) is 9.69 Å². The van der Waals surface area contributed by atoms with E-state index < -0.39 is 11.7 Å². The minimum absolute atomic E-state index is 0.0585. The molecule has 0 unspecified atom stereocenters. The van der Waals surface area contributed by atoms with Gasteiger partial charge in [0.05, 0.1) is 25.3 Å². The van der Waals surface area contributed by atoms with Gasteiger partial charge in [0.15, 0.2) is 0 Å². The molecule has 3 fully saturated rings. The topological polar surface area (TPSA) is 63.5 Å². The number of piperidine rings is 1. The highest BCUT2D eigenvalue weighted by molar-refractivity contribution is 6.10. The Morgan fingerprint density at radius 2 is 2.03 bits per heavy atom. The quantitative estimate of drug-likeness (QED) is 0.487. The summed E-state index contributed by atoms with van der Waals surface area (Å²) in [6, 6.07) is 11.0. The van der Waals surface area contributed by atoms with Gasteiger partial charge in [-0.15, -0.1) is 10.2 Å². The molecule has 0 spiro atoms. The number of aromatic nitrogens is 3. The molecule has 2 saturated heterocycles. The van der Waals surface area contributed by atoms with E-state index in [-0.39, 0.29) is 29.0 Å². The molecule has 2 aromatic carbocycles. The SMILES string of the molecule is Cn1cnnc1CC1(c2cccc(N3Cc4c(cc(CN5CC[C@@H]6C[C@@H]65)cc4C(F)(F)F)C3=O)c2)COC1. The Labute approximate surface area is 218 Å². The van der Waals surface area contributed by atoms with Gasteiger partial charge in [0.1, 0.15) is 12.2 Å². The molecule has 4 heterocycles. The van der Waals surface area contributed by atoms with Gasteiger partial charge in [-0.05, 0) is 66.3 Å². The molecule has 1 aromatic heterocycles. The summed E-state index contributed by atoms with van der Waals surface area (Å²) in [5.41, 5.74) is 1.31. The van der Waals surface area contributed by atoms with Crippen molar-refractivity contribution in [3.05, 3.63) is 76.4 Å². The summed E-state index contributed by atoms with van der Waals surface area (Å²) in [7, 11) is 1.89. The van der Waals surface area contributed by atoms with E-state index in [9.17, 15) is 18.0 Å². The first-order chi connectivity index (χ1) is 18.2. The van der Waals surface area contributed by atoms with Gasteiger partial charge in [-0.1, -0.05) is 12.1 Å². The number of ether oxygens (including phenoxy) is 1. The fourth-order valence-corrected chi connectivity index (χ4v) is 6.43. The Morgan fingerprint density at radius 1 is 1.18 bits per heavy atom. The minimum atomic E-state index is -4.53. The lowest BCUT2D eigenvalue weighted by atomic mass is 9.75. The first kappa shape index (κ1) is 23.8. The van der Waals surface area contributed by atoms with Gasteiger partial charge in [-0.2, -0.15) is 13.2 Å². The Morgan fingerprint density at radius 3 is 2.66 bits per heavy atom. The van der Waals surface area contributed by atoms with E-state index in [2.05, 4.69) is 15.1 Å². The molecule has 10 heteroatoms. The van der Waals surface area contributed by atoms with E-state index in [1.54, 1.807) is 18.5 Å². The number of rotatable bonds is 6. The van der Waals surface area contributed by atoms with Crippen LogP contribution in [-0.4, -0.2) is 51.4 Å². The van der Waals surface area contributed by atoms with Crippen LogP contribution in [-0.2, 0) is 42.9 Å². The number of halogens is 3. The molecule has 198 valence electrons. The average molecular weight is 524 g/mol. The van der Waals surface area contributed by atoms with E-state index >= 15 is 0 Å². The molecule has 3 aromatic rings. The Balaban J connectivity index is 1.20. The number of alkyl halides is 3. The average Bonchev–Trinajstić information content (AvgIpc) is 3.18. The maximum absolute atomic E-state index is 14.2. The summed E-state index contributed by atoms with van der Waals surface area (Å²) in [6.45, 7) is 2.24. The van der Waals surface area contributed by atoms with Crippen molar-refractivity contribution in [1.82, 2.24) is 19.7 Å². The van der Waals surface area contributed by atoms with Gasteiger partial charge < -0.3 is 14.2 Å². The van der Waals surface area contributed by atoms with E-state index in [1.807, 2.05) is 29.8 Å². The van der Waals surface area contributed by atoms with Gasteiger partial charge in [0.25, 0.3) is 5.91 Å². The first-order valence-corrected chi connectivity index (χ1v) is 13.0. The predicted molar refractivity (Wildman–Crippen MR) is 133 cm³/mol. The van der Waals surface area contributed by atoms with E-state index in [0.29, 0.717) is 49.4 Å². The second-order valence-electron chi connectivity index (χ2n) is 11.2. The summed E-state index contributed by atoms with van der Waals surface area (Å²) in [4.78, 5) is 17.3. The summed E-state index contributed by atoms with van der Waals surface area (Å²) in [6.07, 6.45) is -0.0363. The van der Waals surface area contributed by atoms with Gasteiger partial charge in [0, 0.05) is 42.7 Å². The number of amides is 1. The number of aryl methyl sites for hydroxylation is 1. The van der Waals surface area contributed by atoms with Gasteiger partial charge >= 0.3 is 6.18 Å². The standard InChI is InChI=1S/C28H28F3N5O2/c1-34-16-32-33-25(34)11-27(14-38-15-27)19-3-2-4-20(10-19)36-13-22-21(26(36)37)7-17(8-23(22)28(29,30)31)12-35-6-5-18-9-24(18)35/h2-4,7-8,10,16,18,24H,5-6,9,11-15H2,1H3/t18-,24+/m1/s1. The van der Waals surface area contributed by atoms with Crippen LogP contribution < -0.4 is 4.90 Å². The molecule has 7 nitrogen and oxygen atoms in total. The van der Waals surface area contributed by atoms with Gasteiger partial charge in [-0.25, -0.2) is 0 Å². The molecule has 0 bridgehead atoms. The molecule has 1 saturated carbocycles. The molecule has 2 atom stereocenters. The maximum atomic E-state index is 14.2.